The molecule has 0 saturated carbocycles. The standard InChI is InChI=1S/C32H31FN2O7S/c1-21(36)41-28-16-10-25(11-17-28)31-29(18-19-30(42-22(2)37)24-8-12-26(33)13-9-24)32(38)35(31)27-14-6-23(7-15-27)5-4-20-34-43(3,39)40/h6-17,29-31,34H,18-20H2,1-3H3. The van der Waals surface area contributed by atoms with Crippen LogP contribution < -0.4 is 14.4 Å². The summed E-state index contributed by atoms with van der Waals surface area (Å²) in [6.07, 6.45) is 1.13. The minimum absolute atomic E-state index is 0.0233. The average Bonchev–Trinajstić information content (AvgIpc) is 2.94. The van der Waals surface area contributed by atoms with Crippen molar-refractivity contribution in [2.75, 3.05) is 17.7 Å². The minimum atomic E-state index is -3.34. The van der Waals surface area contributed by atoms with Gasteiger partial charge in [0.05, 0.1) is 24.8 Å². The number of anilines is 1. The summed E-state index contributed by atoms with van der Waals surface area (Å²) in [7, 11) is -3.34. The molecular weight excluding hydrogens is 575 g/mol. The molecule has 1 saturated heterocycles. The highest BCUT2D eigenvalue weighted by Gasteiger charge is 2.48. The number of sulfonamides is 1. The largest absolute Gasteiger partial charge is 0.458 e. The van der Waals surface area contributed by atoms with E-state index in [9.17, 15) is 27.2 Å². The van der Waals surface area contributed by atoms with Crippen LogP contribution in [0.2, 0.25) is 0 Å². The fourth-order valence-electron chi connectivity index (χ4n) is 4.92. The van der Waals surface area contributed by atoms with Crippen molar-refractivity contribution in [3.8, 4) is 17.6 Å². The normalized spacial score (nSPS) is 16.8. The maximum absolute atomic E-state index is 13.6. The highest BCUT2D eigenvalue weighted by atomic mass is 32.2. The van der Waals surface area contributed by atoms with Gasteiger partial charge >= 0.3 is 11.9 Å². The fraction of sp³-hybridized carbons (Fsp3) is 0.281. The summed E-state index contributed by atoms with van der Waals surface area (Å²) >= 11 is 0. The number of hydrogen-bond donors (Lipinski definition) is 1. The number of nitrogens with zero attached hydrogens (tertiary/aromatic N) is 1. The topological polar surface area (TPSA) is 119 Å². The second-order valence-corrected chi connectivity index (χ2v) is 11.9. The zero-order valence-electron chi connectivity index (χ0n) is 23.9. The number of ether oxygens (including phenoxy) is 2. The highest BCUT2D eigenvalue weighted by molar-refractivity contribution is 7.88. The summed E-state index contributed by atoms with van der Waals surface area (Å²) in [4.78, 5) is 38.4. The number of hydrogen-bond acceptors (Lipinski definition) is 7. The van der Waals surface area contributed by atoms with Crippen LogP contribution in [0.15, 0.2) is 72.8 Å². The fourth-order valence-corrected chi connectivity index (χ4v) is 5.25. The number of halogens is 1. The predicted molar refractivity (Wildman–Crippen MR) is 158 cm³/mol. The molecule has 0 spiro atoms. The predicted octanol–water partition coefficient (Wildman–Crippen LogP) is 4.44. The van der Waals surface area contributed by atoms with Crippen LogP contribution in [0.1, 0.15) is 55.5 Å². The van der Waals surface area contributed by atoms with Crippen molar-refractivity contribution in [2.24, 2.45) is 5.92 Å². The average molecular weight is 607 g/mol. The van der Waals surface area contributed by atoms with Crippen LogP contribution >= 0.6 is 0 Å². The molecule has 0 radical (unpaired) electrons. The van der Waals surface area contributed by atoms with E-state index in [0.29, 0.717) is 35.4 Å². The van der Waals surface area contributed by atoms with Crippen LogP contribution in [-0.4, -0.2) is 39.1 Å². The number of carbonyl (C=O) groups is 3. The molecule has 224 valence electrons. The smallest absolute Gasteiger partial charge is 0.308 e. The van der Waals surface area contributed by atoms with Gasteiger partial charge in [-0.1, -0.05) is 36.1 Å². The molecule has 3 aromatic carbocycles. The molecule has 11 heteroatoms. The van der Waals surface area contributed by atoms with Crippen LogP contribution in [0.3, 0.4) is 0 Å². The van der Waals surface area contributed by atoms with Gasteiger partial charge in [0.2, 0.25) is 15.9 Å². The van der Waals surface area contributed by atoms with Gasteiger partial charge in [0, 0.05) is 25.1 Å². The van der Waals surface area contributed by atoms with Crippen LogP contribution in [0.25, 0.3) is 0 Å². The Morgan fingerprint density at radius 1 is 0.977 bits per heavy atom. The first kappa shape index (κ1) is 31.4. The van der Waals surface area contributed by atoms with Crippen molar-refractivity contribution in [3.63, 3.8) is 0 Å². The Morgan fingerprint density at radius 3 is 2.21 bits per heavy atom. The summed E-state index contributed by atoms with van der Waals surface area (Å²) < 4.78 is 48.9. The molecule has 1 heterocycles. The molecule has 1 amide bonds. The van der Waals surface area contributed by atoms with Crippen molar-refractivity contribution in [1.29, 1.82) is 0 Å². The maximum atomic E-state index is 13.6. The Balaban J connectivity index is 1.57. The van der Waals surface area contributed by atoms with E-state index >= 15 is 0 Å². The Bertz CT molecular complexity index is 1640. The number of β-lactam (4-membered cyclic amide) rings is 1. The molecule has 0 aliphatic carbocycles. The quantitative estimate of drug-likeness (QED) is 0.157. The maximum Gasteiger partial charge on any atom is 0.308 e. The van der Waals surface area contributed by atoms with Crippen molar-refractivity contribution in [3.05, 3.63) is 95.3 Å². The monoisotopic (exact) mass is 606 g/mol. The number of nitrogens with one attached hydrogen (secondary N) is 1. The van der Waals surface area contributed by atoms with Gasteiger partial charge in [-0.3, -0.25) is 14.4 Å². The molecule has 3 unspecified atom stereocenters. The first-order valence-corrected chi connectivity index (χ1v) is 15.4. The van der Waals surface area contributed by atoms with Gasteiger partial charge in [0.1, 0.15) is 17.7 Å². The number of carbonyl (C=O) groups excluding carboxylic acids is 3. The third kappa shape index (κ3) is 8.50. The molecule has 1 aliphatic heterocycles. The molecule has 0 aromatic heterocycles. The molecule has 43 heavy (non-hydrogen) atoms. The lowest BCUT2D eigenvalue weighted by molar-refractivity contribution is -0.147. The number of esters is 2. The Hall–Kier alpha value is -4.53. The molecule has 9 nitrogen and oxygen atoms in total. The first-order valence-electron chi connectivity index (χ1n) is 13.5. The van der Waals surface area contributed by atoms with Crippen LogP contribution in [-0.2, 0) is 29.1 Å². The second kappa shape index (κ2) is 13.6. The van der Waals surface area contributed by atoms with E-state index in [1.54, 1.807) is 65.6 Å². The van der Waals surface area contributed by atoms with Gasteiger partial charge in [-0.2, -0.15) is 0 Å². The van der Waals surface area contributed by atoms with Gasteiger partial charge in [-0.15, -0.1) is 0 Å². The summed E-state index contributed by atoms with van der Waals surface area (Å²) in [5.41, 5.74) is 2.74. The van der Waals surface area contributed by atoms with Gasteiger partial charge in [0.15, 0.2) is 0 Å². The number of benzene rings is 3. The van der Waals surface area contributed by atoms with Gasteiger partial charge < -0.3 is 14.4 Å². The van der Waals surface area contributed by atoms with Crippen molar-refractivity contribution in [1.82, 2.24) is 4.72 Å². The van der Waals surface area contributed by atoms with E-state index < -0.39 is 39.8 Å². The second-order valence-electron chi connectivity index (χ2n) is 10.1. The van der Waals surface area contributed by atoms with E-state index in [1.807, 2.05) is 0 Å². The SMILES string of the molecule is CC(=O)Oc1ccc(C2C(CCC(OC(C)=O)c3ccc(F)cc3)C(=O)N2c2ccc(C#CCNS(C)(=O)=O)cc2)cc1. The molecule has 3 atom stereocenters. The van der Waals surface area contributed by atoms with E-state index in [0.717, 1.165) is 11.8 Å². The van der Waals surface area contributed by atoms with Crippen molar-refractivity contribution < 1.29 is 36.7 Å². The van der Waals surface area contributed by atoms with E-state index in [2.05, 4.69) is 16.6 Å². The van der Waals surface area contributed by atoms with Gasteiger partial charge in [0.25, 0.3) is 0 Å². The van der Waals surface area contributed by atoms with E-state index in [4.69, 9.17) is 9.47 Å². The van der Waals surface area contributed by atoms with E-state index in [-0.39, 0.29) is 18.5 Å². The molecule has 3 aromatic rings. The minimum Gasteiger partial charge on any atom is -0.458 e. The van der Waals surface area contributed by atoms with Crippen LogP contribution in [0.4, 0.5) is 10.1 Å². The van der Waals surface area contributed by atoms with Crippen molar-refractivity contribution in [2.45, 2.75) is 38.8 Å². The highest BCUT2D eigenvalue weighted by Crippen LogP contribution is 2.46. The Morgan fingerprint density at radius 2 is 1.63 bits per heavy atom. The molecule has 1 aliphatic rings. The van der Waals surface area contributed by atoms with Crippen LogP contribution in [0, 0.1) is 23.6 Å². The summed E-state index contributed by atoms with van der Waals surface area (Å²) in [6.45, 7) is 2.59. The number of rotatable bonds is 10. The van der Waals surface area contributed by atoms with Gasteiger partial charge in [-0.05, 0) is 72.5 Å². The molecule has 4 rings (SSSR count). The summed E-state index contributed by atoms with van der Waals surface area (Å²) in [5.74, 6) is 4.11. The Kier molecular flexibility index (Phi) is 9.95. The van der Waals surface area contributed by atoms with Gasteiger partial charge in [-0.25, -0.2) is 17.5 Å². The van der Waals surface area contributed by atoms with E-state index in [1.165, 1.54) is 26.0 Å². The first-order chi connectivity index (χ1) is 20.4. The van der Waals surface area contributed by atoms with Crippen LogP contribution in [0.5, 0.6) is 5.75 Å². The number of amides is 1. The zero-order valence-corrected chi connectivity index (χ0v) is 24.7. The molecule has 0 bridgehead atoms. The summed E-state index contributed by atoms with van der Waals surface area (Å²) in [5, 5.41) is 0. The lowest BCUT2D eigenvalue weighted by atomic mass is 9.78. The van der Waals surface area contributed by atoms with Crippen molar-refractivity contribution >= 4 is 33.6 Å². The zero-order chi connectivity index (χ0) is 31.1. The molecule has 1 N–H and O–H groups in total. The lowest BCUT2D eigenvalue weighted by Crippen LogP contribution is -2.55. The lowest BCUT2D eigenvalue weighted by Gasteiger charge is -2.48. The Labute approximate surface area is 250 Å². The summed E-state index contributed by atoms with van der Waals surface area (Å²) in [6, 6.07) is 19.3. The third-order valence-electron chi connectivity index (χ3n) is 6.79. The molecular formula is C32H31FN2O7S. The molecule has 1 fully saturated rings. The third-order valence-corrected chi connectivity index (χ3v) is 7.46.